The molecule has 2 aromatic heterocycles. The maximum atomic E-state index is 13.2. The van der Waals surface area contributed by atoms with Crippen LogP contribution in [-0.4, -0.2) is 15.9 Å². The topological polar surface area (TPSA) is 60.4 Å². The van der Waals surface area contributed by atoms with Crippen LogP contribution in [0.4, 0.5) is 0 Å². The van der Waals surface area contributed by atoms with Gasteiger partial charge in [-0.1, -0.05) is 53.5 Å². The second-order valence-corrected chi connectivity index (χ2v) is 8.74. The minimum absolute atomic E-state index is 0.0687. The van der Waals surface area contributed by atoms with Crippen LogP contribution in [0.1, 0.15) is 43.3 Å². The standard InChI is InChI=1S/C24H21BrClN3O2/c1-4-14(2)23-28-21-10-8-16(25)12-19(21)24(30)29(23)27-13-17-9-11-22(31-17)18-6-5-7-20(26)15(18)3/h5-14H,4H2,1-3H3/t14-/m1/s1. The summed E-state index contributed by atoms with van der Waals surface area (Å²) >= 11 is 9.66. The lowest BCUT2D eigenvalue weighted by molar-refractivity contribution is 0.571. The van der Waals surface area contributed by atoms with Crippen LogP contribution < -0.4 is 5.56 Å². The number of hydrogen-bond donors (Lipinski definition) is 0. The molecule has 0 saturated heterocycles. The van der Waals surface area contributed by atoms with Gasteiger partial charge in [0, 0.05) is 21.0 Å². The highest BCUT2D eigenvalue weighted by Crippen LogP contribution is 2.29. The van der Waals surface area contributed by atoms with Crippen molar-refractivity contribution in [3.8, 4) is 11.3 Å². The third-order valence-electron chi connectivity index (χ3n) is 5.35. The Morgan fingerprint density at radius 2 is 2.06 bits per heavy atom. The summed E-state index contributed by atoms with van der Waals surface area (Å²) in [6, 6.07) is 14.9. The maximum Gasteiger partial charge on any atom is 0.282 e. The summed E-state index contributed by atoms with van der Waals surface area (Å²) in [5, 5.41) is 5.64. The minimum atomic E-state index is -0.213. The predicted octanol–water partition coefficient (Wildman–Crippen LogP) is 6.78. The predicted molar refractivity (Wildman–Crippen MR) is 129 cm³/mol. The average Bonchev–Trinajstić information content (AvgIpc) is 3.23. The molecular weight excluding hydrogens is 478 g/mol. The lowest BCUT2D eigenvalue weighted by Gasteiger charge is -2.13. The molecule has 4 rings (SSSR count). The first-order chi connectivity index (χ1) is 14.9. The molecular formula is C24H21BrClN3O2. The van der Waals surface area contributed by atoms with Gasteiger partial charge in [0.1, 0.15) is 17.3 Å². The maximum absolute atomic E-state index is 13.2. The number of furan rings is 1. The van der Waals surface area contributed by atoms with Crippen LogP contribution in [0.3, 0.4) is 0 Å². The van der Waals surface area contributed by atoms with Crippen molar-refractivity contribution in [1.29, 1.82) is 0 Å². The van der Waals surface area contributed by atoms with Gasteiger partial charge in [0.15, 0.2) is 0 Å². The molecule has 4 aromatic rings. The van der Waals surface area contributed by atoms with Gasteiger partial charge in [0.2, 0.25) is 0 Å². The van der Waals surface area contributed by atoms with Gasteiger partial charge in [-0.3, -0.25) is 4.79 Å². The van der Waals surface area contributed by atoms with Gasteiger partial charge in [-0.05, 0) is 55.3 Å². The lowest BCUT2D eigenvalue weighted by atomic mass is 10.1. The molecule has 0 amide bonds. The van der Waals surface area contributed by atoms with Crippen LogP contribution in [0, 0.1) is 6.92 Å². The molecule has 0 unspecified atom stereocenters. The number of aromatic nitrogens is 2. The van der Waals surface area contributed by atoms with Crippen molar-refractivity contribution in [2.24, 2.45) is 5.10 Å². The zero-order chi connectivity index (χ0) is 22.1. The van der Waals surface area contributed by atoms with E-state index in [9.17, 15) is 4.79 Å². The Kier molecular flexibility index (Phi) is 6.12. The summed E-state index contributed by atoms with van der Waals surface area (Å²) < 4.78 is 8.14. The number of halogens is 2. The third kappa shape index (κ3) is 4.23. The van der Waals surface area contributed by atoms with Crippen LogP contribution in [0.2, 0.25) is 5.02 Å². The number of hydrogen-bond acceptors (Lipinski definition) is 4. The molecule has 0 radical (unpaired) electrons. The van der Waals surface area contributed by atoms with Gasteiger partial charge in [-0.25, -0.2) is 4.98 Å². The Morgan fingerprint density at radius 1 is 1.26 bits per heavy atom. The Morgan fingerprint density at radius 3 is 2.84 bits per heavy atom. The smallest absolute Gasteiger partial charge is 0.282 e. The van der Waals surface area contributed by atoms with Crippen molar-refractivity contribution in [1.82, 2.24) is 9.66 Å². The minimum Gasteiger partial charge on any atom is -0.455 e. The van der Waals surface area contributed by atoms with E-state index in [0.29, 0.717) is 33.3 Å². The van der Waals surface area contributed by atoms with E-state index in [1.54, 1.807) is 12.3 Å². The summed E-state index contributed by atoms with van der Waals surface area (Å²) in [5.41, 5.74) is 2.31. The van der Waals surface area contributed by atoms with Crippen LogP contribution in [0.5, 0.6) is 0 Å². The lowest BCUT2D eigenvalue weighted by Crippen LogP contribution is -2.23. The molecule has 2 heterocycles. The fraction of sp³-hybridized carbons (Fsp3) is 0.208. The van der Waals surface area contributed by atoms with E-state index in [-0.39, 0.29) is 11.5 Å². The average molecular weight is 499 g/mol. The molecule has 7 heteroatoms. The molecule has 158 valence electrons. The molecule has 1 atom stereocenters. The van der Waals surface area contributed by atoms with Crippen LogP contribution in [-0.2, 0) is 0 Å². The van der Waals surface area contributed by atoms with Crippen molar-refractivity contribution >= 4 is 44.6 Å². The molecule has 5 nitrogen and oxygen atoms in total. The summed E-state index contributed by atoms with van der Waals surface area (Å²) in [5.74, 6) is 1.91. The highest BCUT2D eigenvalue weighted by atomic mass is 79.9. The molecule has 0 N–H and O–H groups in total. The quantitative estimate of drug-likeness (QED) is 0.285. The second kappa shape index (κ2) is 8.81. The second-order valence-electron chi connectivity index (χ2n) is 7.42. The Balaban J connectivity index is 1.78. The monoisotopic (exact) mass is 497 g/mol. The number of rotatable bonds is 5. The van der Waals surface area contributed by atoms with Crippen molar-refractivity contribution < 1.29 is 4.42 Å². The molecule has 0 spiro atoms. The van der Waals surface area contributed by atoms with E-state index in [1.165, 1.54) is 4.68 Å². The third-order valence-corrected chi connectivity index (χ3v) is 6.25. The van der Waals surface area contributed by atoms with Crippen LogP contribution in [0.25, 0.3) is 22.2 Å². The first-order valence-electron chi connectivity index (χ1n) is 10.0. The summed E-state index contributed by atoms with van der Waals surface area (Å²) in [7, 11) is 0. The highest BCUT2D eigenvalue weighted by Gasteiger charge is 2.16. The van der Waals surface area contributed by atoms with E-state index in [0.717, 1.165) is 22.0 Å². The van der Waals surface area contributed by atoms with Gasteiger partial charge in [-0.2, -0.15) is 9.78 Å². The van der Waals surface area contributed by atoms with Gasteiger partial charge < -0.3 is 4.42 Å². The molecule has 31 heavy (non-hydrogen) atoms. The fourth-order valence-corrected chi connectivity index (χ4v) is 3.87. The van der Waals surface area contributed by atoms with Crippen molar-refractivity contribution in [2.45, 2.75) is 33.1 Å². The fourth-order valence-electron chi connectivity index (χ4n) is 3.34. The summed E-state index contributed by atoms with van der Waals surface area (Å²) in [6.07, 6.45) is 2.38. The normalized spacial score (nSPS) is 12.7. The van der Waals surface area contributed by atoms with E-state index < -0.39 is 0 Å². The molecule has 0 saturated carbocycles. The van der Waals surface area contributed by atoms with Crippen LogP contribution in [0.15, 0.2) is 67.3 Å². The van der Waals surface area contributed by atoms with E-state index in [2.05, 4.69) is 28.0 Å². The molecule has 0 aliphatic heterocycles. The molecule has 0 aliphatic rings. The first kappa shape index (κ1) is 21.5. The zero-order valence-electron chi connectivity index (χ0n) is 17.4. The van der Waals surface area contributed by atoms with Gasteiger partial charge >= 0.3 is 0 Å². The highest BCUT2D eigenvalue weighted by molar-refractivity contribution is 9.10. The Labute approximate surface area is 193 Å². The molecule has 0 bridgehead atoms. The zero-order valence-corrected chi connectivity index (χ0v) is 19.7. The van der Waals surface area contributed by atoms with E-state index >= 15 is 0 Å². The van der Waals surface area contributed by atoms with Gasteiger partial charge in [-0.15, -0.1) is 0 Å². The van der Waals surface area contributed by atoms with Gasteiger partial charge in [0.25, 0.3) is 5.56 Å². The number of fused-ring (bicyclic) bond motifs is 1. The Bertz CT molecular complexity index is 1360. The van der Waals surface area contributed by atoms with Crippen LogP contribution >= 0.6 is 27.5 Å². The molecule has 0 aliphatic carbocycles. The van der Waals surface area contributed by atoms with E-state index in [1.807, 2.05) is 56.3 Å². The van der Waals surface area contributed by atoms with E-state index in [4.69, 9.17) is 21.0 Å². The Hall–Kier alpha value is -2.70. The summed E-state index contributed by atoms with van der Waals surface area (Å²) in [4.78, 5) is 17.9. The first-order valence-corrected chi connectivity index (χ1v) is 11.2. The largest absolute Gasteiger partial charge is 0.455 e. The number of benzene rings is 2. The number of nitrogens with zero attached hydrogens (tertiary/aromatic N) is 3. The van der Waals surface area contributed by atoms with Gasteiger partial charge in [0.05, 0.1) is 17.1 Å². The van der Waals surface area contributed by atoms with Crippen molar-refractivity contribution in [2.75, 3.05) is 0 Å². The van der Waals surface area contributed by atoms with Crippen molar-refractivity contribution in [3.05, 3.63) is 85.5 Å². The summed E-state index contributed by atoms with van der Waals surface area (Å²) in [6.45, 7) is 6.04. The molecule has 0 fully saturated rings. The molecule has 2 aromatic carbocycles. The SMILES string of the molecule is CC[C@@H](C)c1nc2ccc(Br)cc2c(=O)n1N=Cc1ccc(-c2cccc(Cl)c2C)o1. The van der Waals surface area contributed by atoms with Crippen molar-refractivity contribution in [3.63, 3.8) is 0 Å².